The zero-order chi connectivity index (χ0) is 12.9. The minimum atomic E-state index is -4.47. The van der Waals surface area contributed by atoms with Crippen LogP contribution < -0.4 is 5.48 Å². The van der Waals surface area contributed by atoms with Crippen LogP contribution >= 0.6 is 11.6 Å². The standard InChI is InChI=1S/C10H9ClF3NO2/c11-8-4-2-1-3-7(8)5-9(16)15-17-6-10(12,13)14/h1-4H,5-6H2,(H,15,16). The quantitative estimate of drug-likeness (QED) is 0.851. The zero-order valence-corrected chi connectivity index (χ0v) is 9.31. The Morgan fingerprint density at radius 3 is 2.59 bits per heavy atom. The van der Waals surface area contributed by atoms with Crippen molar-refractivity contribution in [3.05, 3.63) is 34.9 Å². The van der Waals surface area contributed by atoms with E-state index in [1.807, 2.05) is 0 Å². The summed E-state index contributed by atoms with van der Waals surface area (Å²) in [5.74, 6) is -0.692. The summed E-state index contributed by atoms with van der Waals surface area (Å²) in [6, 6.07) is 6.54. The fourth-order valence-electron chi connectivity index (χ4n) is 1.05. The molecule has 0 saturated heterocycles. The molecule has 0 aliphatic heterocycles. The first-order chi connectivity index (χ1) is 7.88. The Labute approximate surface area is 100 Å². The topological polar surface area (TPSA) is 38.3 Å². The molecule has 0 aliphatic rings. The van der Waals surface area contributed by atoms with Crippen molar-refractivity contribution in [2.75, 3.05) is 6.61 Å². The highest BCUT2D eigenvalue weighted by Gasteiger charge is 2.28. The number of hydroxylamine groups is 1. The van der Waals surface area contributed by atoms with Crippen LogP contribution in [0.25, 0.3) is 0 Å². The summed E-state index contributed by atoms with van der Waals surface area (Å²) in [4.78, 5) is 15.2. The van der Waals surface area contributed by atoms with Crippen LogP contribution in [0.3, 0.4) is 0 Å². The van der Waals surface area contributed by atoms with E-state index in [9.17, 15) is 18.0 Å². The molecule has 0 radical (unpaired) electrons. The highest BCUT2D eigenvalue weighted by atomic mass is 35.5. The number of carbonyl (C=O) groups is 1. The van der Waals surface area contributed by atoms with Gasteiger partial charge in [-0.05, 0) is 11.6 Å². The van der Waals surface area contributed by atoms with Crippen LogP contribution in [0.15, 0.2) is 24.3 Å². The Bertz CT molecular complexity index is 395. The smallest absolute Gasteiger partial charge is 0.272 e. The minimum Gasteiger partial charge on any atom is -0.272 e. The van der Waals surface area contributed by atoms with Crippen molar-refractivity contribution in [2.45, 2.75) is 12.6 Å². The largest absolute Gasteiger partial charge is 0.414 e. The Kier molecular flexibility index (Phi) is 4.77. The van der Waals surface area contributed by atoms with Crippen molar-refractivity contribution in [3.8, 4) is 0 Å². The molecule has 0 fully saturated rings. The second-order valence-corrected chi connectivity index (χ2v) is 3.60. The maximum atomic E-state index is 11.7. The van der Waals surface area contributed by atoms with E-state index in [0.717, 1.165) is 0 Å². The molecule has 94 valence electrons. The third kappa shape index (κ3) is 5.55. The van der Waals surface area contributed by atoms with E-state index in [1.54, 1.807) is 29.7 Å². The van der Waals surface area contributed by atoms with E-state index in [2.05, 4.69) is 4.84 Å². The predicted molar refractivity (Wildman–Crippen MR) is 55.3 cm³/mol. The van der Waals surface area contributed by atoms with Crippen molar-refractivity contribution in [1.29, 1.82) is 0 Å². The van der Waals surface area contributed by atoms with Gasteiger partial charge in [-0.15, -0.1) is 0 Å². The van der Waals surface area contributed by atoms with Gasteiger partial charge in [-0.2, -0.15) is 13.2 Å². The van der Waals surface area contributed by atoms with Crippen LogP contribution in [0.5, 0.6) is 0 Å². The van der Waals surface area contributed by atoms with E-state index in [-0.39, 0.29) is 6.42 Å². The van der Waals surface area contributed by atoms with Crippen molar-refractivity contribution in [3.63, 3.8) is 0 Å². The van der Waals surface area contributed by atoms with Gasteiger partial charge in [0, 0.05) is 5.02 Å². The number of halogens is 4. The lowest BCUT2D eigenvalue weighted by atomic mass is 10.1. The van der Waals surface area contributed by atoms with E-state index >= 15 is 0 Å². The van der Waals surface area contributed by atoms with Crippen LogP contribution in [0.4, 0.5) is 13.2 Å². The van der Waals surface area contributed by atoms with Gasteiger partial charge in [0.25, 0.3) is 0 Å². The molecule has 0 heterocycles. The summed E-state index contributed by atoms with van der Waals surface area (Å²) in [6.07, 6.45) is -4.62. The van der Waals surface area contributed by atoms with Crippen LogP contribution in [-0.2, 0) is 16.1 Å². The lowest BCUT2D eigenvalue weighted by Crippen LogP contribution is -2.30. The molecule has 1 amide bonds. The van der Waals surface area contributed by atoms with Gasteiger partial charge >= 0.3 is 6.18 Å². The highest BCUT2D eigenvalue weighted by molar-refractivity contribution is 6.31. The minimum absolute atomic E-state index is 0.141. The summed E-state index contributed by atoms with van der Waals surface area (Å²) in [5.41, 5.74) is 2.21. The molecule has 0 aliphatic carbocycles. The van der Waals surface area contributed by atoms with Gasteiger partial charge in [0.2, 0.25) is 5.91 Å². The average Bonchev–Trinajstić information content (AvgIpc) is 2.19. The molecule has 0 spiro atoms. The fourth-order valence-corrected chi connectivity index (χ4v) is 1.25. The zero-order valence-electron chi connectivity index (χ0n) is 8.55. The Morgan fingerprint density at radius 1 is 1.35 bits per heavy atom. The fraction of sp³-hybridized carbons (Fsp3) is 0.300. The normalized spacial score (nSPS) is 11.3. The van der Waals surface area contributed by atoms with E-state index in [4.69, 9.17) is 11.6 Å². The number of carbonyl (C=O) groups excluding carboxylic acids is 1. The van der Waals surface area contributed by atoms with Crippen LogP contribution in [0, 0.1) is 0 Å². The number of hydrogen-bond acceptors (Lipinski definition) is 2. The van der Waals surface area contributed by atoms with Crippen molar-refractivity contribution >= 4 is 17.5 Å². The summed E-state index contributed by atoms with van der Waals surface area (Å²) >= 11 is 5.77. The van der Waals surface area contributed by atoms with Gasteiger partial charge in [0.1, 0.15) is 0 Å². The average molecular weight is 268 g/mol. The van der Waals surface area contributed by atoms with Gasteiger partial charge in [-0.1, -0.05) is 29.8 Å². The maximum absolute atomic E-state index is 11.7. The monoisotopic (exact) mass is 267 g/mol. The Balaban J connectivity index is 2.38. The molecule has 0 bridgehead atoms. The molecular formula is C10H9ClF3NO2. The van der Waals surface area contributed by atoms with Crippen LogP contribution in [0.2, 0.25) is 5.02 Å². The first kappa shape index (κ1) is 13.8. The number of alkyl halides is 3. The van der Waals surface area contributed by atoms with Crippen LogP contribution in [-0.4, -0.2) is 18.7 Å². The lowest BCUT2D eigenvalue weighted by Gasteiger charge is -2.08. The molecule has 1 aromatic rings. The molecule has 1 N–H and O–H groups in total. The van der Waals surface area contributed by atoms with Crippen molar-refractivity contribution in [2.24, 2.45) is 0 Å². The van der Waals surface area contributed by atoms with Gasteiger partial charge in [-0.3, -0.25) is 9.63 Å². The molecule has 0 saturated carbocycles. The summed E-state index contributed by atoms with van der Waals surface area (Å²) in [6.45, 7) is -1.53. The summed E-state index contributed by atoms with van der Waals surface area (Å²) < 4.78 is 35.1. The van der Waals surface area contributed by atoms with Crippen molar-refractivity contribution in [1.82, 2.24) is 5.48 Å². The molecule has 0 aromatic heterocycles. The highest BCUT2D eigenvalue weighted by Crippen LogP contribution is 2.16. The van der Waals surface area contributed by atoms with Gasteiger partial charge < -0.3 is 0 Å². The first-order valence-electron chi connectivity index (χ1n) is 4.59. The third-order valence-electron chi connectivity index (χ3n) is 1.73. The molecular weight excluding hydrogens is 259 g/mol. The van der Waals surface area contributed by atoms with Crippen molar-refractivity contribution < 1.29 is 22.8 Å². The number of amides is 1. The van der Waals surface area contributed by atoms with Gasteiger partial charge in [0.05, 0.1) is 6.42 Å². The lowest BCUT2D eigenvalue weighted by molar-refractivity contribution is -0.191. The predicted octanol–water partition coefficient (Wildman–Crippen LogP) is 2.49. The Morgan fingerprint density at radius 2 is 2.00 bits per heavy atom. The summed E-state index contributed by atoms with van der Waals surface area (Å²) in [5, 5.41) is 0.374. The molecule has 1 rings (SSSR count). The molecule has 3 nitrogen and oxygen atoms in total. The Hall–Kier alpha value is -1.27. The third-order valence-corrected chi connectivity index (χ3v) is 2.10. The van der Waals surface area contributed by atoms with Gasteiger partial charge in [0.15, 0.2) is 6.61 Å². The SMILES string of the molecule is O=C(Cc1ccccc1Cl)NOCC(F)(F)F. The molecule has 17 heavy (non-hydrogen) atoms. The molecule has 0 atom stereocenters. The molecule has 0 unspecified atom stereocenters. The maximum Gasteiger partial charge on any atom is 0.414 e. The number of rotatable bonds is 4. The number of nitrogens with one attached hydrogen (secondary N) is 1. The van der Waals surface area contributed by atoms with E-state index in [0.29, 0.717) is 10.6 Å². The van der Waals surface area contributed by atoms with E-state index < -0.39 is 18.7 Å². The first-order valence-corrected chi connectivity index (χ1v) is 4.97. The second-order valence-electron chi connectivity index (χ2n) is 3.20. The number of hydrogen-bond donors (Lipinski definition) is 1. The molecule has 7 heteroatoms. The van der Waals surface area contributed by atoms with Gasteiger partial charge in [-0.25, -0.2) is 5.48 Å². The number of benzene rings is 1. The van der Waals surface area contributed by atoms with Crippen LogP contribution in [0.1, 0.15) is 5.56 Å². The van der Waals surface area contributed by atoms with E-state index in [1.165, 1.54) is 0 Å². The molecule has 1 aromatic carbocycles. The summed E-state index contributed by atoms with van der Waals surface area (Å²) in [7, 11) is 0. The second kappa shape index (κ2) is 5.88.